The summed E-state index contributed by atoms with van der Waals surface area (Å²) >= 11 is 0. The summed E-state index contributed by atoms with van der Waals surface area (Å²) in [7, 11) is 0. The number of guanidine groups is 1. The van der Waals surface area contributed by atoms with E-state index in [0.717, 1.165) is 12.8 Å². The van der Waals surface area contributed by atoms with Crippen molar-refractivity contribution in [1.82, 2.24) is 5.32 Å². The van der Waals surface area contributed by atoms with Crippen LogP contribution in [0.2, 0.25) is 0 Å². The fraction of sp³-hybridized carbons (Fsp3) is 0.238. The van der Waals surface area contributed by atoms with Crippen molar-refractivity contribution in [3.05, 3.63) is 59.7 Å². The predicted octanol–water partition coefficient (Wildman–Crippen LogP) is 1.88. The van der Waals surface area contributed by atoms with Crippen LogP contribution in [0.3, 0.4) is 0 Å². The first-order valence-electron chi connectivity index (χ1n) is 9.34. The standard InChI is InChI=1S/C21H24N4O5/c1-2-3-12-24-18(26)13-29-19(27)14-6-10-17(11-7-14)30-20(28)15-4-8-16(9-5-15)25-21(22)23/h4-11H,2-3,12-13H2,1H3,(H,24,26)(H4,22,23,25). The van der Waals surface area contributed by atoms with Crippen molar-refractivity contribution < 1.29 is 23.9 Å². The van der Waals surface area contributed by atoms with Gasteiger partial charge in [-0.15, -0.1) is 0 Å². The minimum Gasteiger partial charge on any atom is -0.452 e. The van der Waals surface area contributed by atoms with Crippen molar-refractivity contribution in [3.8, 4) is 5.75 Å². The topological polar surface area (TPSA) is 146 Å². The van der Waals surface area contributed by atoms with E-state index in [2.05, 4.69) is 10.3 Å². The van der Waals surface area contributed by atoms with Gasteiger partial charge >= 0.3 is 11.9 Å². The van der Waals surface area contributed by atoms with Crippen LogP contribution in [0, 0.1) is 0 Å². The number of benzene rings is 2. The van der Waals surface area contributed by atoms with E-state index >= 15 is 0 Å². The summed E-state index contributed by atoms with van der Waals surface area (Å²) < 4.78 is 10.2. The number of unbranched alkanes of at least 4 members (excludes halogenated alkanes) is 1. The molecule has 0 aromatic heterocycles. The Bertz CT molecular complexity index is 904. The molecular formula is C21H24N4O5. The number of nitrogens with one attached hydrogen (secondary N) is 1. The smallest absolute Gasteiger partial charge is 0.343 e. The molecule has 0 aliphatic carbocycles. The van der Waals surface area contributed by atoms with Crippen LogP contribution in [-0.2, 0) is 9.53 Å². The van der Waals surface area contributed by atoms with Crippen LogP contribution in [0.15, 0.2) is 53.5 Å². The molecule has 1 amide bonds. The normalized spacial score (nSPS) is 10.0. The maximum Gasteiger partial charge on any atom is 0.343 e. The quantitative estimate of drug-likeness (QED) is 0.187. The lowest BCUT2D eigenvalue weighted by atomic mass is 10.2. The minimum absolute atomic E-state index is 0.0823. The highest BCUT2D eigenvalue weighted by molar-refractivity contribution is 5.93. The lowest BCUT2D eigenvalue weighted by Gasteiger charge is -2.07. The Hall–Kier alpha value is -3.88. The first-order valence-corrected chi connectivity index (χ1v) is 9.34. The van der Waals surface area contributed by atoms with E-state index in [4.69, 9.17) is 20.9 Å². The van der Waals surface area contributed by atoms with Crippen molar-refractivity contribution in [2.45, 2.75) is 19.8 Å². The molecule has 0 spiro atoms. The van der Waals surface area contributed by atoms with E-state index in [1.807, 2.05) is 6.92 Å². The van der Waals surface area contributed by atoms with E-state index in [1.165, 1.54) is 36.4 Å². The molecule has 0 aliphatic rings. The zero-order valence-corrected chi connectivity index (χ0v) is 16.6. The number of carbonyl (C=O) groups is 3. The van der Waals surface area contributed by atoms with E-state index in [9.17, 15) is 14.4 Å². The van der Waals surface area contributed by atoms with E-state index in [0.29, 0.717) is 17.8 Å². The molecule has 0 aliphatic heterocycles. The molecule has 2 aromatic rings. The van der Waals surface area contributed by atoms with Crippen LogP contribution in [0.1, 0.15) is 40.5 Å². The Kier molecular flexibility index (Phi) is 8.37. The highest BCUT2D eigenvalue weighted by Gasteiger charge is 2.12. The molecule has 0 atom stereocenters. The lowest BCUT2D eigenvalue weighted by Crippen LogP contribution is -2.29. The summed E-state index contributed by atoms with van der Waals surface area (Å²) in [6, 6.07) is 12.0. The van der Waals surface area contributed by atoms with Gasteiger partial charge in [0, 0.05) is 6.54 Å². The summed E-state index contributed by atoms with van der Waals surface area (Å²) in [4.78, 5) is 39.7. The van der Waals surface area contributed by atoms with Gasteiger partial charge in [0.1, 0.15) is 5.75 Å². The second-order valence-corrected chi connectivity index (χ2v) is 6.28. The number of nitrogens with two attached hydrogens (primary N) is 2. The van der Waals surface area contributed by atoms with Crippen molar-refractivity contribution >= 4 is 29.5 Å². The Morgan fingerprint density at radius 3 is 2.13 bits per heavy atom. The third-order valence-electron chi connectivity index (χ3n) is 3.85. The van der Waals surface area contributed by atoms with Crippen LogP contribution in [0.5, 0.6) is 5.75 Å². The van der Waals surface area contributed by atoms with Crippen molar-refractivity contribution in [2.24, 2.45) is 16.5 Å². The van der Waals surface area contributed by atoms with Gasteiger partial charge in [0.05, 0.1) is 16.8 Å². The summed E-state index contributed by atoms with van der Waals surface area (Å²) in [5.41, 5.74) is 11.6. The average Bonchev–Trinajstić information content (AvgIpc) is 2.73. The molecule has 0 radical (unpaired) electrons. The highest BCUT2D eigenvalue weighted by Crippen LogP contribution is 2.17. The van der Waals surface area contributed by atoms with Gasteiger partial charge in [-0.3, -0.25) is 4.79 Å². The monoisotopic (exact) mass is 412 g/mol. The molecule has 0 saturated carbocycles. The van der Waals surface area contributed by atoms with E-state index in [1.54, 1.807) is 12.1 Å². The molecule has 0 unspecified atom stereocenters. The first-order chi connectivity index (χ1) is 14.4. The zero-order chi connectivity index (χ0) is 21.9. The minimum atomic E-state index is -0.645. The van der Waals surface area contributed by atoms with Crippen LogP contribution in [0.25, 0.3) is 0 Å². The van der Waals surface area contributed by atoms with Crippen molar-refractivity contribution in [3.63, 3.8) is 0 Å². The molecule has 9 nitrogen and oxygen atoms in total. The largest absolute Gasteiger partial charge is 0.452 e. The summed E-state index contributed by atoms with van der Waals surface area (Å²) in [6.45, 7) is 2.21. The maximum atomic E-state index is 12.2. The number of hydrogen-bond donors (Lipinski definition) is 3. The third-order valence-corrected chi connectivity index (χ3v) is 3.85. The van der Waals surface area contributed by atoms with Gasteiger partial charge in [-0.05, 0) is 55.0 Å². The number of aliphatic imine (C=N–C) groups is 1. The third kappa shape index (κ3) is 7.27. The number of ether oxygens (including phenoxy) is 2. The van der Waals surface area contributed by atoms with Crippen LogP contribution in [-0.4, -0.2) is 37.0 Å². The molecule has 0 bridgehead atoms. The average molecular weight is 412 g/mol. The molecule has 0 heterocycles. The first kappa shape index (κ1) is 22.4. The molecule has 2 rings (SSSR count). The number of esters is 2. The van der Waals surface area contributed by atoms with Gasteiger partial charge < -0.3 is 26.3 Å². The lowest BCUT2D eigenvalue weighted by molar-refractivity contribution is -0.124. The number of rotatable bonds is 9. The van der Waals surface area contributed by atoms with Crippen molar-refractivity contribution in [1.29, 1.82) is 0 Å². The van der Waals surface area contributed by atoms with E-state index < -0.39 is 11.9 Å². The van der Waals surface area contributed by atoms with Gasteiger partial charge in [0.2, 0.25) is 0 Å². The van der Waals surface area contributed by atoms with Gasteiger partial charge in [-0.1, -0.05) is 13.3 Å². The number of carbonyl (C=O) groups excluding carboxylic acids is 3. The fourth-order valence-electron chi connectivity index (χ4n) is 2.32. The second kappa shape index (κ2) is 11.2. The summed E-state index contributed by atoms with van der Waals surface area (Å²) in [6.07, 6.45) is 1.82. The molecule has 5 N–H and O–H groups in total. The Morgan fingerprint density at radius 1 is 0.933 bits per heavy atom. The Labute approximate surface area is 174 Å². The summed E-state index contributed by atoms with van der Waals surface area (Å²) in [5.74, 6) is -1.41. The van der Waals surface area contributed by atoms with Crippen LogP contribution in [0.4, 0.5) is 5.69 Å². The molecule has 0 fully saturated rings. The van der Waals surface area contributed by atoms with Crippen LogP contribution < -0.4 is 21.5 Å². The predicted molar refractivity (Wildman–Crippen MR) is 112 cm³/mol. The molecule has 30 heavy (non-hydrogen) atoms. The molecule has 9 heteroatoms. The zero-order valence-electron chi connectivity index (χ0n) is 16.6. The van der Waals surface area contributed by atoms with Gasteiger partial charge in [-0.25, -0.2) is 14.6 Å². The highest BCUT2D eigenvalue weighted by atomic mass is 16.5. The fourth-order valence-corrected chi connectivity index (χ4v) is 2.32. The molecule has 0 saturated heterocycles. The van der Waals surface area contributed by atoms with Gasteiger partial charge in [-0.2, -0.15) is 0 Å². The molecule has 158 valence electrons. The Balaban J connectivity index is 1.87. The number of nitrogens with zero attached hydrogens (tertiary/aromatic N) is 1. The van der Waals surface area contributed by atoms with Gasteiger partial charge in [0.15, 0.2) is 12.6 Å². The van der Waals surface area contributed by atoms with Gasteiger partial charge in [0.25, 0.3) is 5.91 Å². The maximum absolute atomic E-state index is 12.2. The molecule has 2 aromatic carbocycles. The van der Waals surface area contributed by atoms with E-state index in [-0.39, 0.29) is 29.8 Å². The van der Waals surface area contributed by atoms with Crippen LogP contribution >= 0.6 is 0 Å². The summed E-state index contributed by atoms with van der Waals surface area (Å²) in [5, 5.41) is 2.66. The Morgan fingerprint density at radius 2 is 1.53 bits per heavy atom. The number of amides is 1. The number of hydrogen-bond acceptors (Lipinski definition) is 6. The second-order valence-electron chi connectivity index (χ2n) is 6.28. The van der Waals surface area contributed by atoms with Crippen molar-refractivity contribution in [2.75, 3.05) is 13.2 Å². The molecular weight excluding hydrogens is 388 g/mol. The SMILES string of the molecule is CCCCNC(=O)COC(=O)c1ccc(OC(=O)c2ccc(N=C(N)N)cc2)cc1.